The minimum absolute atomic E-state index is 0.0323. The van der Waals surface area contributed by atoms with E-state index in [1.165, 1.54) is 25.5 Å². The van der Waals surface area contributed by atoms with E-state index in [0.29, 0.717) is 23.3 Å². The van der Waals surface area contributed by atoms with Gasteiger partial charge < -0.3 is 10.4 Å². The van der Waals surface area contributed by atoms with Gasteiger partial charge in [0.1, 0.15) is 11.8 Å². The quantitative estimate of drug-likeness (QED) is 0.510. The number of hydrogen-bond acceptors (Lipinski definition) is 4. The zero-order valence-electron chi connectivity index (χ0n) is 17.8. The first kappa shape index (κ1) is 20.0. The summed E-state index contributed by atoms with van der Waals surface area (Å²) in [6, 6.07) is 10.4. The molecule has 31 heavy (non-hydrogen) atoms. The number of phenols is 1. The fraction of sp³-hybridized carbons (Fsp3) is 0.480. The maximum absolute atomic E-state index is 13.1. The molecule has 162 valence electrons. The standard InChI is InChI=1S/C25H29N3O3/c1-15(27-24(31)25-11-16-8-17(12-25)10-18(9-16)13-25)23(30)28-26-14-21-20-5-3-2-4-19(20)6-7-22(21)29/h2-7,14-18,29H,8-13H2,1H3,(H,27,31)(H,28,30)/b26-14+/t15-,16?,17?,18?,25?/m1/s1. The minimum atomic E-state index is -0.668. The van der Waals surface area contributed by atoms with Gasteiger partial charge in [-0.25, -0.2) is 5.43 Å². The fourth-order valence-electron chi connectivity index (χ4n) is 6.48. The van der Waals surface area contributed by atoms with Crippen molar-refractivity contribution in [1.82, 2.24) is 10.7 Å². The summed E-state index contributed by atoms with van der Waals surface area (Å²) in [5.41, 5.74) is 2.78. The molecule has 0 aliphatic heterocycles. The topological polar surface area (TPSA) is 90.8 Å². The third kappa shape index (κ3) is 3.68. The SMILES string of the molecule is C[C@@H](NC(=O)C12CC3CC(CC(C3)C1)C2)C(=O)N/N=C/c1c(O)ccc2ccccc12. The van der Waals surface area contributed by atoms with Gasteiger partial charge in [0.25, 0.3) is 5.91 Å². The summed E-state index contributed by atoms with van der Waals surface area (Å²) in [5, 5.41) is 19.0. The van der Waals surface area contributed by atoms with Gasteiger partial charge in [-0.2, -0.15) is 5.10 Å². The summed E-state index contributed by atoms with van der Waals surface area (Å²) in [6.07, 6.45) is 8.19. The lowest BCUT2D eigenvalue weighted by Crippen LogP contribution is -2.56. The van der Waals surface area contributed by atoms with Crippen LogP contribution in [-0.4, -0.2) is 29.2 Å². The summed E-state index contributed by atoms with van der Waals surface area (Å²) in [4.78, 5) is 25.7. The molecule has 4 bridgehead atoms. The van der Waals surface area contributed by atoms with Crippen LogP contribution < -0.4 is 10.7 Å². The van der Waals surface area contributed by atoms with Crippen LogP contribution in [-0.2, 0) is 9.59 Å². The number of amides is 2. The molecule has 0 unspecified atom stereocenters. The Morgan fingerprint density at radius 3 is 2.39 bits per heavy atom. The highest BCUT2D eigenvalue weighted by Crippen LogP contribution is 2.60. The lowest BCUT2D eigenvalue weighted by atomic mass is 9.49. The smallest absolute Gasteiger partial charge is 0.262 e. The lowest BCUT2D eigenvalue weighted by Gasteiger charge is -2.55. The second-order valence-corrected chi connectivity index (χ2v) is 9.85. The molecule has 0 radical (unpaired) electrons. The van der Waals surface area contributed by atoms with Gasteiger partial charge >= 0.3 is 0 Å². The molecule has 1 atom stereocenters. The summed E-state index contributed by atoms with van der Waals surface area (Å²) in [6.45, 7) is 1.69. The van der Waals surface area contributed by atoms with Gasteiger partial charge in [-0.05, 0) is 80.0 Å². The molecule has 6 rings (SSSR count). The lowest BCUT2D eigenvalue weighted by molar-refractivity contribution is -0.148. The number of hydrazone groups is 1. The second-order valence-electron chi connectivity index (χ2n) is 9.85. The van der Waals surface area contributed by atoms with Crippen molar-refractivity contribution in [2.75, 3.05) is 0 Å². The Hall–Kier alpha value is -2.89. The van der Waals surface area contributed by atoms with Crippen LogP contribution in [0.5, 0.6) is 5.75 Å². The highest BCUT2D eigenvalue weighted by atomic mass is 16.3. The van der Waals surface area contributed by atoms with Crippen LogP contribution in [0.25, 0.3) is 10.8 Å². The van der Waals surface area contributed by atoms with Crippen molar-refractivity contribution < 1.29 is 14.7 Å². The molecule has 0 aromatic heterocycles. The fourth-order valence-corrected chi connectivity index (χ4v) is 6.48. The Morgan fingerprint density at radius 2 is 1.71 bits per heavy atom. The molecule has 0 saturated heterocycles. The van der Waals surface area contributed by atoms with E-state index >= 15 is 0 Å². The van der Waals surface area contributed by atoms with Gasteiger partial charge in [0.2, 0.25) is 5.91 Å². The first-order chi connectivity index (χ1) is 14.9. The van der Waals surface area contributed by atoms with E-state index in [1.54, 1.807) is 13.0 Å². The molecule has 0 spiro atoms. The molecule has 4 saturated carbocycles. The maximum Gasteiger partial charge on any atom is 0.262 e. The van der Waals surface area contributed by atoms with Gasteiger partial charge in [-0.1, -0.05) is 30.3 Å². The summed E-state index contributed by atoms with van der Waals surface area (Å²) >= 11 is 0. The van der Waals surface area contributed by atoms with Crippen LogP contribution >= 0.6 is 0 Å². The van der Waals surface area contributed by atoms with E-state index in [1.807, 2.05) is 30.3 Å². The Morgan fingerprint density at radius 1 is 1.06 bits per heavy atom. The number of aromatic hydroxyl groups is 1. The number of hydrogen-bond donors (Lipinski definition) is 3. The van der Waals surface area contributed by atoms with E-state index in [-0.39, 0.29) is 23.0 Å². The Balaban J connectivity index is 1.23. The first-order valence-electron chi connectivity index (χ1n) is 11.3. The van der Waals surface area contributed by atoms with Crippen LogP contribution in [0.2, 0.25) is 0 Å². The van der Waals surface area contributed by atoms with Gasteiger partial charge in [0.05, 0.1) is 6.21 Å². The number of nitrogens with one attached hydrogen (secondary N) is 2. The zero-order chi connectivity index (χ0) is 21.6. The van der Waals surface area contributed by atoms with E-state index < -0.39 is 6.04 Å². The number of carbonyl (C=O) groups excluding carboxylic acids is 2. The molecule has 2 aromatic carbocycles. The number of benzene rings is 2. The first-order valence-corrected chi connectivity index (χ1v) is 11.3. The van der Waals surface area contributed by atoms with Crippen molar-refractivity contribution >= 4 is 28.8 Å². The Kier molecular flexibility index (Phi) is 4.95. The van der Waals surface area contributed by atoms with Crippen LogP contribution in [0.15, 0.2) is 41.5 Å². The van der Waals surface area contributed by atoms with Crippen molar-refractivity contribution in [3.63, 3.8) is 0 Å². The number of nitrogens with zero attached hydrogens (tertiary/aromatic N) is 1. The van der Waals surface area contributed by atoms with Crippen molar-refractivity contribution in [3.8, 4) is 5.75 Å². The van der Waals surface area contributed by atoms with Crippen molar-refractivity contribution in [2.24, 2.45) is 28.3 Å². The summed E-state index contributed by atoms with van der Waals surface area (Å²) < 4.78 is 0. The average Bonchev–Trinajstić information content (AvgIpc) is 2.74. The molecule has 6 nitrogen and oxygen atoms in total. The summed E-state index contributed by atoms with van der Waals surface area (Å²) in [7, 11) is 0. The highest BCUT2D eigenvalue weighted by molar-refractivity contribution is 6.02. The monoisotopic (exact) mass is 419 g/mol. The van der Waals surface area contributed by atoms with Gasteiger partial charge in [-0.3, -0.25) is 9.59 Å². The van der Waals surface area contributed by atoms with Gasteiger partial charge in [0.15, 0.2) is 0 Å². The predicted octanol–water partition coefficient (Wildman–Crippen LogP) is 3.72. The minimum Gasteiger partial charge on any atom is -0.507 e. The third-order valence-electron chi connectivity index (χ3n) is 7.58. The van der Waals surface area contributed by atoms with Crippen LogP contribution in [0.4, 0.5) is 0 Å². The third-order valence-corrected chi connectivity index (χ3v) is 7.58. The van der Waals surface area contributed by atoms with Crippen molar-refractivity contribution in [2.45, 2.75) is 51.5 Å². The number of carbonyl (C=O) groups is 2. The number of rotatable bonds is 5. The average molecular weight is 420 g/mol. The normalized spacial score (nSPS) is 29.9. The molecular formula is C25H29N3O3. The van der Waals surface area contributed by atoms with Crippen LogP contribution in [0.1, 0.15) is 51.0 Å². The number of phenolic OH excluding ortho intramolecular Hbond substituents is 1. The van der Waals surface area contributed by atoms with E-state index in [4.69, 9.17) is 0 Å². The molecule has 2 amide bonds. The van der Waals surface area contributed by atoms with Crippen LogP contribution in [0, 0.1) is 23.2 Å². The largest absolute Gasteiger partial charge is 0.507 e. The molecule has 4 aliphatic carbocycles. The van der Waals surface area contributed by atoms with Gasteiger partial charge in [0, 0.05) is 11.0 Å². The zero-order valence-corrected chi connectivity index (χ0v) is 17.8. The highest BCUT2D eigenvalue weighted by Gasteiger charge is 2.54. The Bertz CT molecular complexity index is 1030. The predicted molar refractivity (Wildman–Crippen MR) is 120 cm³/mol. The van der Waals surface area contributed by atoms with E-state index in [0.717, 1.165) is 30.0 Å². The van der Waals surface area contributed by atoms with E-state index in [2.05, 4.69) is 15.8 Å². The molecule has 6 heteroatoms. The molecule has 4 fully saturated rings. The number of fused-ring (bicyclic) bond motifs is 1. The molecule has 4 aliphatic rings. The molecule has 3 N–H and O–H groups in total. The maximum atomic E-state index is 13.1. The molecule has 2 aromatic rings. The van der Waals surface area contributed by atoms with Gasteiger partial charge in [-0.15, -0.1) is 0 Å². The Labute approximate surface area is 182 Å². The van der Waals surface area contributed by atoms with Crippen molar-refractivity contribution in [3.05, 3.63) is 42.0 Å². The van der Waals surface area contributed by atoms with Crippen LogP contribution in [0.3, 0.4) is 0 Å². The molecular weight excluding hydrogens is 390 g/mol. The van der Waals surface area contributed by atoms with Crippen molar-refractivity contribution in [1.29, 1.82) is 0 Å². The summed E-state index contributed by atoms with van der Waals surface area (Å²) in [5.74, 6) is 1.80. The second kappa shape index (κ2) is 7.66. The van der Waals surface area contributed by atoms with E-state index in [9.17, 15) is 14.7 Å². The molecule has 0 heterocycles.